The van der Waals surface area contributed by atoms with Crippen molar-refractivity contribution in [2.24, 2.45) is 0 Å². The number of unbranched alkanes of at least 4 members (excludes halogenated alkanes) is 1. The summed E-state index contributed by atoms with van der Waals surface area (Å²) in [6.07, 6.45) is 7.74. The highest BCUT2D eigenvalue weighted by atomic mass is 19.1. The van der Waals surface area contributed by atoms with Gasteiger partial charge in [0.25, 0.3) is 0 Å². The van der Waals surface area contributed by atoms with Gasteiger partial charge in [0, 0.05) is 24.8 Å². The summed E-state index contributed by atoms with van der Waals surface area (Å²) in [6, 6.07) is 8.25. The van der Waals surface area contributed by atoms with Crippen molar-refractivity contribution in [3.8, 4) is 0 Å². The Bertz CT molecular complexity index is 1160. The first kappa shape index (κ1) is 26.4. The minimum absolute atomic E-state index is 0.311. The van der Waals surface area contributed by atoms with Crippen LogP contribution in [0.2, 0.25) is 0 Å². The van der Waals surface area contributed by atoms with Crippen molar-refractivity contribution in [2.75, 3.05) is 25.0 Å². The molecule has 2 atom stereocenters. The number of fused-ring (bicyclic) bond motifs is 2. The molecule has 1 aromatic heterocycles. The van der Waals surface area contributed by atoms with E-state index in [1.54, 1.807) is 6.07 Å². The molecule has 2 aliphatic carbocycles. The zero-order valence-electron chi connectivity index (χ0n) is 21.8. The lowest BCUT2D eigenvalue weighted by Crippen LogP contribution is -2.44. The van der Waals surface area contributed by atoms with Crippen LogP contribution in [0.15, 0.2) is 30.3 Å². The number of nitrogens with one attached hydrogen (secondary N) is 2. The number of alkyl carbamates (subject to hydrolysis) is 1. The number of anilines is 1. The molecule has 1 aromatic carbocycles. The topological polar surface area (TPSA) is 104 Å². The van der Waals surface area contributed by atoms with E-state index in [9.17, 15) is 19.1 Å². The Balaban J connectivity index is 1.06. The number of hydrogen-bond acceptors (Lipinski definition) is 6. The molecule has 9 heteroatoms. The maximum atomic E-state index is 13.5. The van der Waals surface area contributed by atoms with Crippen LogP contribution in [0.4, 0.5) is 15.0 Å². The van der Waals surface area contributed by atoms with Crippen molar-refractivity contribution < 1.29 is 23.8 Å². The predicted octanol–water partition coefficient (Wildman–Crippen LogP) is 4.62. The quantitative estimate of drug-likeness (QED) is 0.348. The number of amides is 1. The highest BCUT2D eigenvalue weighted by Crippen LogP contribution is 2.34. The third kappa shape index (κ3) is 6.81. The fourth-order valence-corrected chi connectivity index (χ4v) is 5.57. The lowest BCUT2D eigenvalue weighted by Gasteiger charge is -2.24. The third-order valence-electron chi connectivity index (χ3n) is 7.82. The molecule has 0 bridgehead atoms. The third-order valence-corrected chi connectivity index (χ3v) is 7.82. The summed E-state index contributed by atoms with van der Waals surface area (Å²) in [7, 11) is 0. The molecule has 2 aromatic rings. The Hall–Kier alpha value is -3.20. The van der Waals surface area contributed by atoms with Crippen molar-refractivity contribution in [2.45, 2.75) is 82.4 Å². The molecule has 2 heterocycles. The lowest BCUT2D eigenvalue weighted by molar-refractivity contribution is -0.139. The fraction of sp³-hybridized carbons (Fsp3) is 0.552. The van der Waals surface area contributed by atoms with E-state index in [2.05, 4.69) is 27.7 Å². The number of carboxylic acids is 1. The number of halogens is 1. The van der Waals surface area contributed by atoms with Gasteiger partial charge in [0.1, 0.15) is 23.8 Å². The Kier molecular flexibility index (Phi) is 8.42. The molecule has 3 aliphatic rings. The molecule has 2 unspecified atom stereocenters. The SMILES string of the molecule is O=C(NC(CCN(CCCCc1ccc2c(n1)NCCC2)C1CC1)C(=O)O)OC1CCc2cc(F)ccc21. The first-order valence-corrected chi connectivity index (χ1v) is 13.9. The lowest BCUT2D eigenvalue weighted by atomic mass is 10.1. The van der Waals surface area contributed by atoms with E-state index < -0.39 is 24.2 Å². The van der Waals surface area contributed by atoms with Crippen LogP contribution in [0, 0.1) is 5.82 Å². The normalized spacial score (nSPS) is 18.8. The zero-order valence-corrected chi connectivity index (χ0v) is 21.8. The molecule has 0 radical (unpaired) electrons. The molecule has 8 nitrogen and oxygen atoms in total. The minimum atomic E-state index is -1.07. The molecule has 1 aliphatic heterocycles. The molecule has 3 N–H and O–H groups in total. The summed E-state index contributed by atoms with van der Waals surface area (Å²) in [6.45, 7) is 2.49. The summed E-state index contributed by atoms with van der Waals surface area (Å²) >= 11 is 0. The number of carboxylic acid groups (broad SMARTS) is 1. The second-order valence-corrected chi connectivity index (χ2v) is 10.7. The van der Waals surface area contributed by atoms with Crippen molar-refractivity contribution in [1.82, 2.24) is 15.2 Å². The molecule has 38 heavy (non-hydrogen) atoms. The van der Waals surface area contributed by atoms with Gasteiger partial charge in [-0.3, -0.25) is 0 Å². The molecule has 1 saturated carbocycles. The highest BCUT2D eigenvalue weighted by molar-refractivity contribution is 5.80. The summed E-state index contributed by atoms with van der Waals surface area (Å²) in [5.74, 6) is -0.351. The summed E-state index contributed by atoms with van der Waals surface area (Å²) in [5, 5.41) is 15.6. The minimum Gasteiger partial charge on any atom is -0.480 e. The number of pyridine rings is 1. The van der Waals surface area contributed by atoms with E-state index >= 15 is 0 Å². The second-order valence-electron chi connectivity index (χ2n) is 10.7. The van der Waals surface area contributed by atoms with Crippen LogP contribution < -0.4 is 10.6 Å². The smallest absolute Gasteiger partial charge is 0.408 e. The van der Waals surface area contributed by atoms with Crippen LogP contribution in [0.5, 0.6) is 0 Å². The fourth-order valence-electron chi connectivity index (χ4n) is 5.57. The summed E-state index contributed by atoms with van der Waals surface area (Å²) in [4.78, 5) is 31.5. The van der Waals surface area contributed by atoms with E-state index in [1.165, 1.54) is 17.7 Å². The van der Waals surface area contributed by atoms with E-state index in [0.29, 0.717) is 31.8 Å². The van der Waals surface area contributed by atoms with Gasteiger partial charge >= 0.3 is 12.1 Å². The van der Waals surface area contributed by atoms with Crippen molar-refractivity contribution in [3.05, 3.63) is 58.5 Å². The number of rotatable bonds is 12. The Labute approximate surface area is 223 Å². The van der Waals surface area contributed by atoms with E-state index in [1.807, 2.05) is 0 Å². The molecule has 1 fully saturated rings. The monoisotopic (exact) mass is 524 g/mol. The van der Waals surface area contributed by atoms with Crippen molar-refractivity contribution in [1.29, 1.82) is 0 Å². The molecule has 204 valence electrons. The van der Waals surface area contributed by atoms with Gasteiger partial charge < -0.3 is 25.4 Å². The number of carbonyl (C=O) groups excluding carboxylic acids is 1. The first-order valence-electron chi connectivity index (χ1n) is 13.9. The highest BCUT2D eigenvalue weighted by Gasteiger charge is 2.31. The number of aromatic nitrogens is 1. The van der Waals surface area contributed by atoms with Gasteiger partial charge in [0.2, 0.25) is 0 Å². The Morgan fingerprint density at radius 3 is 2.82 bits per heavy atom. The van der Waals surface area contributed by atoms with E-state index in [4.69, 9.17) is 9.72 Å². The van der Waals surface area contributed by atoms with Crippen LogP contribution in [-0.4, -0.2) is 58.8 Å². The molecule has 5 rings (SSSR count). The number of nitrogens with zero attached hydrogens (tertiary/aromatic N) is 2. The van der Waals surface area contributed by atoms with Gasteiger partial charge in [-0.1, -0.05) is 12.1 Å². The van der Waals surface area contributed by atoms with Crippen molar-refractivity contribution >= 4 is 17.9 Å². The number of hydrogen-bond donors (Lipinski definition) is 3. The van der Waals surface area contributed by atoms with Crippen LogP contribution in [0.3, 0.4) is 0 Å². The van der Waals surface area contributed by atoms with Gasteiger partial charge in [-0.05, 0) is 106 Å². The van der Waals surface area contributed by atoms with Crippen LogP contribution >= 0.6 is 0 Å². The Morgan fingerprint density at radius 1 is 1.13 bits per heavy atom. The van der Waals surface area contributed by atoms with Crippen LogP contribution in [-0.2, 0) is 28.8 Å². The van der Waals surface area contributed by atoms with Crippen LogP contribution in [0.1, 0.15) is 73.4 Å². The second kappa shape index (κ2) is 12.1. The van der Waals surface area contributed by atoms with Gasteiger partial charge in [-0.2, -0.15) is 0 Å². The molecule has 0 spiro atoms. The average Bonchev–Trinajstić information content (AvgIpc) is 3.68. The number of benzene rings is 1. The van der Waals surface area contributed by atoms with Gasteiger partial charge in [-0.15, -0.1) is 0 Å². The van der Waals surface area contributed by atoms with E-state index in [0.717, 1.165) is 80.7 Å². The van der Waals surface area contributed by atoms with Crippen LogP contribution in [0.25, 0.3) is 0 Å². The van der Waals surface area contributed by atoms with Crippen molar-refractivity contribution in [3.63, 3.8) is 0 Å². The van der Waals surface area contributed by atoms with E-state index in [-0.39, 0.29) is 5.82 Å². The summed E-state index contributed by atoms with van der Waals surface area (Å²) < 4.78 is 19.0. The number of aryl methyl sites for hydroxylation is 3. The van der Waals surface area contributed by atoms with Gasteiger partial charge in [0.05, 0.1) is 0 Å². The zero-order chi connectivity index (χ0) is 26.5. The average molecular weight is 525 g/mol. The molecule has 0 saturated heterocycles. The van der Waals surface area contributed by atoms with Gasteiger partial charge in [0.15, 0.2) is 0 Å². The predicted molar refractivity (Wildman–Crippen MR) is 142 cm³/mol. The molecular formula is C29H37FN4O4. The number of aliphatic carboxylic acids is 1. The molecular weight excluding hydrogens is 487 g/mol. The number of carbonyl (C=O) groups is 2. The maximum absolute atomic E-state index is 13.5. The first-order chi connectivity index (χ1) is 18.5. The number of ether oxygens (including phenoxy) is 1. The largest absolute Gasteiger partial charge is 0.480 e. The summed E-state index contributed by atoms with van der Waals surface area (Å²) in [5.41, 5.74) is 4.03. The maximum Gasteiger partial charge on any atom is 0.408 e. The molecule has 1 amide bonds. The van der Waals surface area contributed by atoms with Gasteiger partial charge in [-0.25, -0.2) is 19.0 Å². The standard InChI is InChI=1S/C29H37FN4O4/c30-21-8-12-24-20(18-21)7-13-26(24)38-29(37)33-25(28(35)36)14-17-34(23-10-11-23)16-2-1-5-22-9-6-19-4-3-15-31-27(19)32-22/h6,8-9,12,18,23,25-26H,1-5,7,10-11,13-17H2,(H,31,32)(H,33,37)(H,35,36). The Morgan fingerprint density at radius 2 is 2.00 bits per heavy atom.